The predicted molar refractivity (Wildman–Crippen MR) is 75.0 cm³/mol. The molecule has 7 heteroatoms. The van der Waals surface area contributed by atoms with E-state index in [2.05, 4.69) is 26.2 Å². The van der Waals surface area contributed by atoms with Gasteiger partial charge in [0.25, 0.3) is 5.91 Å². The van der Waals surface area contributed by atoms with E-state index in [9.17, 15) is 14.7 Å². The van der Waals surface area contributed by atoms with Gasteiger partial charge in [-0.25, -0.2) is 4.79 Å². The van der Waals surface area contributed by atoms with Crippen LogP contribution in [-0.4, -0.2) is 27.1 Å². The summed E-state index contributed by atoms with van der Waals surface area (Å²) in [6, 6.07) is 5.61. The number of aromatic carboxylic acids is 1. The molecule has 1 heterocycles. The number of carboxylic acid groups (broad SMARTS) is 1. The summed E-state index contributed by atoms with van der Waals surface area (Å²) in [5.41, 5.74) is 0.390. The van der Waals surface area contributed by atoms with Crippen molar-refractivity contribution in [2.45, 2.75) is 0 Å². The maximum Gasteiger partial charge on any atom is 0.335 e. The number of carbonyl (C=O) groups excluding carboxylic acids is 1. The van der Waals surface area contributed by atoms with Crippen molar-refractivity contribution >= 4 is 33.5 Å². The maximum absolute atomic E-state index is 12.0. The zero-order valence-corrected chi connectivity index (χ0v) is 11.6. The number of benzene rings is 1. The monoisotopic (exact) mass is 336 g/mol. The molecule has 0 radical (unpaired) electrons. The van der Waals surface area contributed by atoms with Crippen LogP contribution in [0.5, 0.6) is 5.75 Å². The van der Waals surface area contributed by atoms with Gasteiger partial charge in [-0.05, 0) is 40.2 Å². The summed E-state index contributed by atoms with van der Waals surface area (Å²) in [5.74, 6) is -1.91. The van der Waals surface area contributed by atoms with Crippen LogP contribution in [0.1, 0.15) is 20.7 Å². The zero-order valence-electron chi connectivity index (χ0n) is 10.0. The highest BCUT2D eigenvalue weighted by atomic mass is 79.9. The first-order valence-corrected chi connectivity index (χ1v) is 6.25. The third-order valence-corrected chi connectivity index (χ3v) is 3.20. The van der Waals surface area contributed by atoms with Crippen LogP contribution in [0.2, 0.25) is 0 Å². The first-order chi connectivity index (χ1) is 9.49. The number of halogens is 1. The average Bonchev–Trinajstić information content (AvgIpc) is 2.41. The molecule has 1 aromatic carbocycles. The molecule has 0 aliphatic carbocycles. The van der Waals surface area contributed by atoms with Gasteiger partial charge in [-0.2, -0.15) is 0 Å². The number of hydrogen-bond donors (Lipinski definition) is 3. The Balaban J connectivity index is 2.30. The summed E-state index contributed by atoms with van der Waals surface area (Å²) in [5, 5.41) is 21.0. The van der Waals surface area contributed by atoms with Crippen LogP contribution < -0.4 is 5.32 Å². The van der Waals surface area contributed by atoms with Gasteiger partial charge in [-0.3, -0.25) is 9.78 Å². The summed E-state index contributed by atoms with van der Waals surface area (Å²) >= 11 is 3.22. The smallest absolute Gasteiger partial charge is 0.335 e. The lowest BCUT2D eigenvalue weighted by molar-refractivity contribution is 0.0696. The number of nitrogens with one attached hydrogen (secondary N) is 1. The van der Waals surface area contributed by atoms with E-state index in [1.165, 1.54) is 30.5 Å². The summed E-state index contributed by atoms with van der Waals surface area (Å²) in [7, 11) is 0. The Labute approximate surface area is 122 Å². The molecule has 0 fully saturated rings. The van der Waals surface area contributed by atoms with Crippen LogP contribution in [0.15, 0.2) is 41.1 Å². The molecule has 2 rings (SSSR count). The number of carbonyl (C=O) groups is 2. The second kappa shape index (κ2) is 5.70. The molecule has 2 aromatic rings. The average molecular weight is 337 g/mol. The predicted octanol–water partition coefficient (Wildman–Crippen LogP) is 2.50. The molecular weight excluding hydrogens is 328 g/mol. The van der Waals surface area contributed by atoms with Crippen LogP contribution in [-0.2, 0) is 0 Å². The van der Waals surface area contributed by atoms with Crippen LogP contribution in [0, 0.1) is 0 Å². The molecule has 20 heavy (non-hydrogen) atoms. The van der Waals surface area contributed by atoms with Gasteiger partial charge in [0.05, 0.1) is 23.0 Å². The minimum atomic E-state index is -1.10. The van der Waals surface area contributed by atoms with Crippen molar-refractivity contribution in [3.63, 3.8) is 0 Å². The topological polar surface area (TPSA) is 99.5 Å². The number of aromatic hydroxyl groups is 1. The van der Waals surface area contributed by atoms with Crippen molar-refractivity contribution in [2.75, 3.05) is 5.32 Å². The van der Waals surface area contributed by atoms with Crippen LogP contribution in [0.25, 0.3) is 0 Å². The van der Waals surface area contributed by atoms with E-state index >= 15 is 0 Å². The standard InChI is InChI=1S/C13H9BrN2O4/c14-9-2-1-7(13(19)20)5-10(9)16-12(18)8-3-4-15-6-11(8)17/h1-6,17H,(H,16,18)(H,19,20). The molecule has 0 atom stereocenters. The molecule has 0 aliphatic heterocycles. The maximum atomic E-state index is 12.0. The van der Waals surface area contributed by atoms with Crippen molar-refractivity contribution in [2.24, 2.45) is 0 Å². The van der Waals surface area contributed by atoms with Gasteiger partial charge < -0.3 is 15.5 Å². The number of amides is 1. The van der Waals surface area contributed by atoms with Gasteiger partial charge in [0.2, 0.25) is 0 Å². The number of anilines is 1. The van der Waals surface area contributed by atoms with Crippen LogP contribution in [0.3, 0.4) is 0 Å². The van der Waals surface area contributed by atoms with Gasteiger partial charge in [0.1, 0.15) is 5.75 Å². The van der Waals surface area contributed by atoms with Crippen molar-refractivity contribution in [1.82, 2.24) is 4.98 Å². The van der Waals surface area contributed by atoms with Gasteiger partial charge in [0.15, 0.2) is 0 Å². The quantitative estimate of drug-likeness (QED) is 0.799. The molecule has 0 bridgehead atoms. The fraction of sp³-hybridized carbons (Fsp3) is 0. The fourth-order valence-corrected chi connectivity index (χ4v) is 1.87. The van der Waals surface area contributed by atoms with E-state index in [-0.39, 0.29) is 16.9 Å². The van der Waals surface area contributed by atoms with Crippen molar-refractivity contribution in [3.8, 4) is 5.75 Å². The minimum Gasteiger partial charge on any atom is -0.505 e. The molecule has 0 spiro atoms. The molecule has 6 nitrogen and oxygen atoms in total. The third kappa shape index (κ3) is 2.94. The van der Waals surface area contributed by atoms with Gasteiger partial charge in [-0.15, -0.1) is 0 Å². The highest BCUT2D eigenvalue weighted by Crippen LogP contribution is 2.25. The van der Waals surface area contributed by atoms with E-state index in [1.54, 1.807) is 0 Å². The van der Waals surface area contributed by atoms with E-state index in [0.29, 0.717) is 10.2 Å². The van der Waals surface area contributed by atoms with E-state index in [1.807, 2.05) is 0 Å². The lowest BCUT2D eigenvalue weighted by Crippen LogP contribution is -2.13. The lowest BCUT2D eigenvalue weighted by atomic mass is 10.2. The van der Waals surface area contributed by atoms with E-state index < -0.39 is 11.9 Å². The Morgan fingerprint density at radius 1 is 1.25 bits per heavy atom. The van der Waals surface area contributed by atoms with Crippen LogP contribution >= 0.6 is 15.9 Å². The molecular formula is C13H9BrN2O4. The fourth-order valence-electron chi connectivity index (χ4n) is 1.52. The first kappa shape index (κ1) is 14.0. The first-order valence-electron chi connectivity index (χ1n) is 5.46. The molecule has 0 unspecified atom stereocenters. The number of aromatic nitrogens is 1. The largest absolute Gasteiger partial charge is 0.505 e. The molecule has 3 N–H and O–H groups in total. The molecule has 102 valence electrons. The lowest BCUT2D eigenvalue weighted by Gasteiger charge is -2.09. The van der Waals surface area contributed by atoms with Gasteiger partial charge in [-0.1, -0.05) is 0 Å². The molecule has 0 saturated heterocycles. The van der Waals surface area contributed by atoms with Gasteiger partial charge >= 0.3 is 5.97 Å². The number of pyridine rings is 1. The normalized spacial score (nSPS) is 10.1. The number of hydrogen-bond acceptors (Lipinski definition) is 4. The molecule has 0 aliphatic rings. The second-order valence-corrected chi connectivity index (χ2v) is 4.70. The summed E-state index contributed by atoms with van der Waals surface area (Å²) in [6.45, 7) is 0. The van der Waals surface area contributed by atoms with Gasteiger partial charge in [0, 0.05) is 10.7 Å². The van der Waals surface area contributed by atoms with Crippen LogP contribution in [0.4, 0.5) is 5.69 Å². The summed E-state index contributed by atoms with van der Waals surface area (Å²) in [6.07, 6.45) is 2.52. The zero-order chi connectivity index (χ0) is 14.7. The van der Waals surface area contributed by atoms with Crippen molar-refractivity contribution in [1.29, 1.82) is 0 Å². The number of rotatable bonds is 3. The Bertz CT molecular complexity index is 688. The Kier molecular flexibility index (Phi) is 3.99. The number of carboxylic acids is 1. The highest BCUT2D eigenvalue weighted by Gasteiger charge is 2.14. The Morgan fingerprint density at radius 3 is 2.65 bits per heavy atom. The van der Waals surface area contributed by atoms with Crippen molar-refractivity contribution in [3.05, 3.63) is 52.3 Å². The Hall–Kier alpha value is -2.41. The Morgan fingerprint density at radius 2 is 2.00 bits per heavy atom. The summed E-state index contributed by atoms with van der Waals surface area (Å²) in [4.78, 5) is 26.6. The number of nitrogens with zero attached hydrogens (tertiary/aromatic N) is 1. The SMILES string of the molecule is O=C(O)c1ccc(Br)c(NC(=O)c2ccncc2O)c1. The third-order valence-electron chi connectivity index (χ3n) is 2.51. The van der Waals surface area contributed by atoms with E-state index in [0.717, 1.165) is 6.20 Å². The van der Waals surface area contributed by atoms with Crippen molar-refractivity contribution < 1.29 is 19.8 Å². The minimum absolute atomic E-state index is 0.0439. The second-order valence-electron chi connectivity index (χ2n) is 3.85. The summed E-state index contributed by atoms with van der Waals surface area (Å²) < 4.78 is 0.532. The molecule has 1 aromatic heterocycles. The molecule has 1 amide bonds. The molecule has 0 saturated carbocycles. The van der Waals surface area contributed by atoms with E-state index in [4.69, 9.17) is 5.11 Å². The highest BCUT2D eigenvalue weighted by molar-refractivity contribution is 9.10.